The molecule has 0 spiro atoms. The van der Waals surface area contributed by atoms with Crippen LogP contribution in [0.3, 0.4) is 0 Å². The van der Waals surface area contributed by atoms with Crippen molar-refractivity contribution >= 4 is 17.7 Å². The van der Waals surface area contributed by atoms with Crippen LogP contribution < -0.4 is 5.32 Å². The number of carboxylic acid groups (broad SMARTS) is 1. The molecule has 10 heteroatoms. The summed E-state index contributed by atoms with van der Waals surface area (Å²) < 4.78 is 48.7. The Hall–Kier alpha value is -2.26. The van der Waals surface area contributed by atoms with E-state index in [2.05, 4.69) is 9.97 Å². The number of rotatable bonds is 2. The topological polar surface area (TPSA) is 92.2 Å². The number of carbonyl (C=O) groups excluding carboxylic acids is 1. The van der Waals surface area contributed by atoms with Gasteiger partial charge in [0.25, 0.3) is 0 Å². The second kappa shape index (κ2) is 4.31. The summed E-state index contributed by atoms with van der Waals surface area (Å²) in [6.07, 6.45) is -4.72. The third-order valence-electron chi connectivity index (χ3n) is 1.48. The van der Waals surface area contributed by atoms with Gasteiger partial charge < -0.3 is 10.4 Å². The number of aromatic nitrogens is 2. The molecule has 0 aliphatic heterocycles. The number of aromatic carboxylic acids is 1. The van der Waals surface area contributed by atoms with Gasteiger partial charge in [-0.2, -0.15) is 13.2 Å². The molecule has 1 aromatic rings. The van der Waals surface area contributed by atoms with E-state index in [0.717, 1.165) is 5.32 Å². The van der Waals surface area contributed by atoms with E-state index < -0.39 is 35.4 Å². The molecule has 1 heterocycles. The molecule has 92 valence electrons. The highest BCUT2D eigenvalue weighted by atomic mass is 19.4. The van der Waals surface area contributed by atoms with E-state index in [1.807, 2.05) is 0 Å². The molecule has 0 fully saturated rings. The first-order valence-electron chi connectivity index (χ1n) is 3.85. The van der Waals surface area contributed by atoms with Crippen LogP contribution in [0.2, 0.25) is 0 Å². The van der Waals surface area contributed by atoms with Gasteiger partial charge in [-0.15, -0.1) is 0 Å². The Kier molecular flexibility index (Phi) is 3.25. The molecule has 6 nitrogen and oxygen atoms in total. The van der Waals surface area contributed by atoms with Crippen molar-refractivity contribution in [3.05, 3.63) is 17.8 Å². The third-order valence-corrected chi connectivity index (χ3v) is 1.48. The lowest BCUT2D eigenvalue weighted by Crippen LogP contribution is -2.31. The molecule has 17 heavy (non-hydrogen) atoms. The first kappa shape index (κ1) is 12.8. The van der Waals surface area contributed by atoms with Crippen LogP contribution in [0.4, 0.5) is 23.4 Å². The minimum Gasteiger partial charge on any atom is -0.476 e. The second-order valence-corrected chi connectivity index (χ2v) is 2.64. The van der Waals surface area contributed by atoms with Gasteiger partial charge in [0, 0.05) is 0 Å². The maximum absolute atomic E-state index is 13.2. The van der Waals surface area contributed by atoms with Crippen LogP contribution in [0.1, 0.15) is 10.5 Å². The lowest BCUT2D eigenvalue weighted by molar-refractivity contribution is -0.167. The Morgan fingerprint density at radius 2 is 1.88 bits per heavy atom. The Morgan fingerprint density at radius 3 is 2.35 bits per heavy atom. The zero-order valence-corrected chi connectivity index (χ0v) is 7.75. The molecule has 0 atom stereocenters. The molecule has 0 radical (unpaired) electrons. The van der Waals surface area contributed by atoms with Gasteiger partial charge in [0.15, 0.2) is 17.3 Å². The number of alkyl halides is 3. The number of anilines is 1. The average molecular weight is 253 g/mol. The summed E-state index contributed by atoms with van der Waals surface area (Å²) in [6, 6.07) is 0. The van der Waals surface area contributed by atoms with E-state index in [4.69, 9.17) is 5.11 Å². The molecular weight excluding hydrogens is 250 g/mol. The highest BCUT2D eigenvalue weighted by molar-refractivity contribution is 5.95. The Morgan fingerprint density at radius 1 is 1.29 bits per heavy atom. The van der Waals surface area contributed by atoms with Gasteiger partial charge in [0.1, 0.15) is 6.33 Å². The zero-order chi connectivity index (χ0) is 13.2. The SMILES string of the molecule is O=C(O)c1ncnc(NC(=O)C(F)(F)F)c1F. The van der Waals surface area contributed by atoms with Crippen LogP contribution in [0, 0.1) is 5.82 Å². The number of amides is 1. The van der Waals surface area contributed by atoms with Crippen molar-refractivity contribution < 1.29 is 32.3 Å². The summed E-state index contributed by atoms with van der Waals surface area (Å²) >= 11 is 0. The predicted molar refractivity (Wildman–Crippen MR) is 43.6 cm³/mol. The van der Waals surface area contributed by atoms with Crippen molar-refractivity contribution in [1.29, 1.82) is 0 Å². The Labute approximate surface area is 90.3 Å². The molecule has 0 aliphatic rings. The maximum Gasteiger partial charge on any atom is 0.471 e. The van der Waals surface area contributed by atoms with E-state index >= 15 is 0 Å². The molecule has 0 unspecified atom stereocenters. The number of hydrogen-bond acceptors (Lipinski definition) is 4. The number of halogens is 4. The normalized spacial score (nSPS) is 11.1. The molecule has 0 aromatic carbocycles. The molecule has 1 amide bonds. The van der Waals surface area contributed by atoms with Gasteiger partial charge in [0.2, 0.25) is 0 Å². The van der Waals surface area contributed by atoms with Gasteiger partial charge in [0.05, 0.1) is 0 Å². The van der Waals surface area contributed by atoms with Crippen molar-refractivity contribution in [2.45, 2.75) is 6.18 Å². The van der Waals surface area contributed by atoms with Gasteiger partial charge in [-0.25, -0.2) is 19.2 Å². The van der Waals surface area contributed by atoms with Crippen LogP contribution in [-0.4, -0.2) is 33.1 Å². The number of nitrogens with zero attached hydrogens (tertiary/aromatic N) is 2. The van der Waals surface area contributed by atoms with Crippen LogP contribution in [0.5, 0.6) is 0 Å². The van der Waals surface area contributed by atoms with Crippen LogP contribution in [-0.2, 0) is 4.79 Å². The lowest BCUT2D eigenvalue weighted by atomic mass is 10.3. The summed E-state index contributed by atoms with van der Waals surface area (Å²) in [7, 11) is 0. The number of carbonyl (C=O) groups is 2. The van der Waals surface area contributed by atoms with E-state index in [1.54, 1.807) is 0 Å². The van der Waals surface area contributed by atoms with Crippen molar-refractivity contribution in [2.24, 2.45) is 0 Å². The molecule has 0 bridgehead atoms. The Balaban J connectivity index is 3.05. The van der Waals surface area contributed by atoms with E-state index in [-0.39, 0.29) is 0 Å². The third kappa shape index (κ3) is 2.86. The molecule has 0 saturated carbocycles. The average Bonchev–Trinajstić information content (AvgIpc) is 2.19. The largest absolute Gasteiger partial charge is 0.476 e. The fraction of sp³-hybridized carbons (Fsp3) is 0.143. The summed E-state index contributed by atoms with van der Waals surface area (Å²) in [6.45, 7) is 0. The highest BCUT2D eigenvalue weighted by Gasteiger charge is 2.39. The fourth-order valence-corrected chi connectivity index (χ4v) is 0.784. The summed E-state index contributed by atoms with van der Waals surface area (Å²) in [5.74, 6) is -7.07. The number of carboxylic acids is 1. The van der Waals surface area contributed by atoms with Gasteiger partial charge in [-0.1, -0.05) is 0 Å². The molecule has 0 aliphatic carbocycles. The lowest BCUT2D eigenvalue weighted by Gasteiger charge is -2.08. The second-order valence-electron chi connectivity index (χ2n) is 2.64. The summed E-state index contributed by atoms with van der Waals surface area (Å²) in [5, 5.41) is 9.51. The minimum atomic E-state index is -5.24. The maximum atomic E-state index is 13.2. The Bertz CT molecular complexity index is 474. The number of nitrogens with one attached hydrogen (secondary N) is 1. The predicted octanol–water partition coefficient (Wildman–Crippen LogP) is 0.815. The van der Waals surface area contributed by atoms with Crippen molar-refractivity contribution in [2.75, 3.05) is 5.32 Å². The van der Waals surface area contributed by atoms with Crippen molar-refractivity contribution in [3.63, 3.8) is 0 Å². The van der Waals surface area contributed by atoms with Crippen LogP contribution >= 0.6 is 0 Å². The molecule has 1 rings (SSSR count). The molecule has 2 N–H and O–H groups in total. The first-order valence-corrected chi connectivity index (χ1v) is 3.85. The molecular formula is C7H3F4N3O3. The van der Waals surface area contributed by atoms with Crippen LogP contribution in [0.25, 0.3) is 0 Å². The van der Waals surface area contributed by atoms with Crippen LogP contribution in [0.15, 0.2) is 6.33 Å². The first-order chi connectivity index (χ1) is 7.73. The van der Waals surface area contributed by atoms with Gasteiger partial charge >= 0.3 is 18.1 Å². The highest BCUT2D eigenvalue weighted by Crippen LogP contribution is 2.19. The summed E-state index contributed by atoms with van der Waals surface area (Å²) in [5.41, 5.74) is -1.14. The van der Waals surface area contributed by atoms with Gasteiger partial charge in [-0.05, 0) is 0 Å². The van der Waals surface area contributed by atoms with Crippen molar-refractivity contribution in [3.8, 4) is 0 Å². The zero-order valence-electron chi connectivity index (χ0n) is 7.75. The van der Waals surface area contributed by atoms with Crippen molar-refractivity contribution in [1.82, 2.24) is 9.97 Å². The minimum absolute atomic E-state index is 0.512. The quantitative estimate of drug-likeness (QED) is 0.761. The fourth-order valence-electron chi connectivity index (χ4n) is 0.784. The number of hydrogen-bond donors (Lipinski definition) is 2. The van der Waals surface area contributed by atoms with E-state index in [9.17, 15) is 27.2 Å². The standard InChI is InChI=1S/C7H3F4N3O3/c8-2-3(5(15)16)12-1-13-4(2)14-6(17)7(9,10)11/h1H,(H,15,16)(H,12,13,14,17). The smallest absolute Gasteiger partial charge is 0.471 e. The van der Waals surface area contributed by atoms with Gasteiger partial charge in [-0.3, -0.25) is 4.79 Å². The monoisotopic (exact) mass is 253 g/mol. The van der Waals surface area contributed by atoms with E-state index in [1.165, 1.54) is 0 Å². The van der Waals surface area contributed by atoms with E-state index in [0.29, 0.717) is 6.33 Å². The molecule has 0 saturated heterocycles. The molecule has 1 aromatic heterocycles. The summed E-state index contributed by atoms with van der Waals surface area (Å²) in [4.78, 5) is 26.8.